The maximum absolute atomic E-state index is 11.7. The van der Waals surface area contributed by atoms with Crippen LogP contribution in [-0.2, 0) is 11.2 Å². The molecule has 2 rings (SSSR count). The fraction of sp³-hybridized carbons (Fsp3) is 0.562. The van der Waals surface area contributed by atoms with E-state index in [-0.39, 0.29) is 5.92 Å². The van der Waals surface area contributed by atoms with Gasteiger partial charge in [0.1, 0.15) is 5.78 Å². The van der Waals surface area contributed by atoms with Crippen LogP contribution in [0.1, 0.15) is 31.4 Å². The van der Waals surface area contributed by atoms with E-state index in [1.807, 2.05) is 0 Å². The summed E-state index contributed by atoms with van der Waals surface area (Å²) in [5, 5.41) is 0. The lowest BCUT2D eigenvalue weighted by Crippen LogP contribution is -2.47. The lowest BCUT2D eigenvalue weighted by molar-refractivity contribution is -0.127. The third-order valence-electron chi connectivity index (χ3n) is 4.38. The Labute approximate surface area is 110 Å². The third kappa shape index (κ3) is 2.81. The maximum Gasteiger partial charge on any atom is 0.138 e. The van der Waals surface area contributed by atoms with Crippen LogP contribution in [-0.4, -0.2) is 29.8 Å². The first-order chi connectivity index (χ1) is 8.59. The van der Waals surface area contributed by atoms with Crippen molar-refractivity contribution in [2.75, 3.05) is 13.1 Å². The molecule has 98 valence electrons. The normalized spacial score (nSPS) is 25.4. The van der Waals surface area contributed by atoms with Gasteiger partial charge in [0.25, 0.3) is 0 Å². The summed E-state index contributed by atoms with van der Waals surface area (Å²) in [6, 6.07) is 8.95. The number of ketones is 1. The average Bonchev–Trinajstić information content (AvgIpc) is 2.37. The molecule has 2 atom stereocenters. The lowest BCUT2D eigenvalue weighted by atomic mass is 9.90. The number of aryl methyl sites for hydroxylation is 1. The van der Waals surface area contributed by atoms with Crippen molar-refractivity contribution < 1.29 is 4.79 Å². The second-order valence-electron chi connectivity index (χ2n) is 5.46. The highest BCUT2D eigenvalue weighted by Crippen LogP contribution is 2.20. The van der Waals surface area contributed by atoms with Gasteiger partial charge in [-0.05, 0) is 31.4 Å². The predicted octanol–water partition coefficient (Wildman–Crippen LogP) is 2.84. The van der Waals surface area contributed by atoms with Crippen molar-refractivity contribution >= 4 is 5.78 Å². The van der Waals surface area contributed by atoms with Crippen LogP contribution in [0.15, 0.2) is 24.3 Å². The van der Waals surface area contributed by atoms with Gasteiger partial charge in [-0.3, -0.25) is 9.69 Å². The molecule has 0 aliphatic carbocycles. The van der Waals surface area contributed by atoms with Gasteiger partial charge in [-0.1, -0.05) is 31.2 Å². The number of rotatable bonds is 3. The van der Waals surface area contributed by atoms with E-state index in [1.165, 1.54) is 11.1 Å². The van der Waals surface area contributed by atoms with E-state index in [2.05, 4.69) is 49.9 Å². The van der Waals surface area contributed by atoms with E-state index in [9.17, 15) is 4.79 Å². The van der Waals surface area contributed by atoms with Gasteiger partial charge >= 0.3 is 0 Å². The minimum absolute atomic E-state index is 0.190. The zero-order valence-electron chi connectivity index (χ0n) is 11.6. The van der Waals surface area contributed by atoms with Crippen LogP contribution in [0.4, 0.5) is 0 Å². The van der Waals surface area contributed by atoms with Crippen LogP contribution in [0.5, 0.6) is 0 Å². The molecular formula is C16H23NO. The molecule has 1 aromatic carbocycles. The molecule has 2 heteroatoms. The number of hydrogen-bond acceptors (Lipinski definition) is 2. The summed E-state index contributed by atoms with van der Waals surface area (Å²) >= 11 is 0. The van der Waals surface area contributed by atoms with Crippen LogP contribution >= 0.6 is 0 Å². The van der Waals surface area contributed by atoms with Crippen molar-refractivity contribution in [2.24, 2.45) is 5.92 Å². The van der Waals surface area contributed by atoms with E-state index in [4.69, 9.17) is 0 Å². The second kappa shape index (κ2) is 5.66. The van der Waals surface area contributed by atoms with Crippen molar-refractivity contribution in [3.8, 4) is 0 Å². The smallest absolute Gasteiger partial charge is 0.138 e. The molecule has 2 unspecified atom stereocenters. The van der Waals surface area contributed by atoms with Gasteiger partial charge in [-0.25, -0.2) is 0 Å². The lowest BCUT2D eigenvalue weighted by Gasteiger charge is -2.37. The van der Waals surface area contributed by atoms with E-state index in [0.717, 1.165) is 25.9 Å². The SMILES string of the molecule is Cc1ccccc1CCN1CCC(=O)C(C)C1C. The maximum atomic E-state index is 11.7. The first kappa shape index (κ1) is 13.3. The highest BCUT2D eigenvalue weighted by Gasteiger charge is 2.30. The van der Waals surface area contributed by atoms with Gasteiger partial charge < -0.3 is 0 Å². The van der Waals surface area contributed by atoms with E-state index in [1.54, 1.807) is 0 Å². The minimum Gasteiger partial charge on any atom is -0.299 e. The summed E-state index contributed by atoms with van der Waals surface area (Å²) in [6.07, 6.45) is 1.80. The number of nitrogens with zero attached hydrogens (tertiary/aromatic N) is 1. The van der Waals surface area contributed by atoms with Gasteiger partial charge in [0.05, 0.1) is 0 Å². The standard InChI is InChI=1S/C16H23NO/c1-12-6-4-5-7-15(12)8-10-17-11-9-16(18)13(2)14(17)3/h4-7,13-14H,8-11H2,1-3H3. The molecule has 1 fully saturated rings. The number of benzene rings is 1. The third-order valence-corrected chi connectivity index (χ3v) is 4.38. The number of piperidine rings is 1. The molecule has 1 aliphatic rings. The number of carbonyl (C=O) groups excluding carboxylic acids is 1. The molecule has 0 aromatic heterocycles. The average molecular weight is 245 g/mol. The van der Waals surface area contributed by atoms with E-state index in [0.29, 0.717) is 11.8 Å². The molecule has 0 saturated carbocycles. The number of likely N-dealkylation sites (tertiary alicyclic amines) is 1. The van der Waals surface area contributed by atoms with Crippen LogP contribution in [0, 0.1) is 12.8 Å². The second-order valence-corrected chi connectivity index (χ2v) is 5.46. The quantitative estimate of drug-likeness (QED) is 0.816. The Bertz CT molecular complexity index is 427. The Morgan fingerprint density at radius 1 is 1.28 bits per heavy atom. The molecule has 0 spiro atoms. The van der Waals surface area contributed by atoms with Crippen LogP contribution < -0.4 is 0 Å². The van der Waals surface area contributed by atoms with Crippen molar-refractivity contribution in [3.63, 3.8) is 0 Å². The molecule has 1 saturated heterocycles. The molecule has 1 aliphatic heterocycles. The topological polar surface area (TPSA) is 20.3 Å². The Morgan fingerprint density at radius 2 is 2.00 bits per heavy atom. The summed E-state index contributed by atoms with van der Waals surface area (Å²) in [5.41, 5.74) is 2.79. The van der Waals surface area contributed by atoms with Crippen molar-refractivity contribution in [3.05, 3.63) is 35.4 Å². The first-order valence-corrected chi connectivity index (χ1v) is 6.91. The summed E-state index contributed by atoms with van der Waals surface area (Å²) in [7, 11) is 0. The molecule has 0 bridgehead atoms. The van der Waals surface area contributed by atoms with Crippen molar-refractivity contribution in [2.45, 2.75) is 39.7 Å². The Balaban J connectivity index is 1.95. The fourth-order valence-electron chi connectivity index (χ4n) is 2.74. The van der Waals surface area contributed by atoms with Crippen LogP contribution in [0.2, 0.25) is 0 Å². The van der Waals surface area contributed by atoms with Crippen LogP contribution in [0.3, 0.4) is 0 Å². The molecular weight excluding hydrogens is 222 g/mol. The number of hydrogen-bond donors (Lipinski definition) is 0. The molecule has 18 heavy (non-hydrogen) atoms. The fourth-order valence-corrected chi connectivity index (χ4v) is 2.74. The Hall–Kier alpha value is -1.15. The predicted molar refractivity (Wildman–Crippen MR) is 74.7 cm³/mol. The molecule has 1 aromatic rings. The largest absolute Gasteiger partial charge is 0.299 e. The molecule has 1 heterocycles. The summed E-state index contributed by atoms with van der Waals surface area (Å²) in [6.45, 7) is 8.40. The number of carbonyl (C=O) groups is 1. The van der Waals surface area contributed by atoms with Gasteiger partial charge in [0.2, 0.25) is 0 Å². The highest BCUT2D eigenvalue weighted by molar-refractivity contribution is 5.82. The summed E-state index contributed by atoms with van der Waals surface area (Å²) in [4.78, 5) is 14.1. The van der Waals surface area contributed by atoms with Gasteiger partial charge in [0.15, 0.2) is 0 Å². The van der Waals surface area contributed by atoms with Gasteiger partial charge in [-0.15, -0.1) is 0 Å². The monoisotopic (exact) mass is 245 g/mol. The van der Waals surface area contributed by atoms with Gasteiger partial charge in [-0.2, -0.15) is 0 Å². The molecule has 0 amide bonds. The van der Waals surface area contributed by atoms with Gasteiger partial charge in [0, 0.05) is 31.5 Å². The van der Waals surface area contributed by atoms with E-state index < -0.39 is 0 Å². The molecule has 2 nitrogen and oxygen atoms in total. The van der Waals surface area contributed by atoms with Crippen molar-refractivity contribution in [1.82, 2.24) is 4.90 Å². The molecule has 0 N–H and O–H groups in total. The zero-order valence-corrected chi connectivity index (χ0v) is 11.6. The van der Waals surface area contributed by atoms with Crippen molar-refractivity contribution in [1.29, 1.82) is 0 Å². The number of Topliss-reactive ketones (excluding diaryl/α,β-unsaturated/α-hetero) is 1. The van der Waals surface area contributed by atoms with E-state index >= 15 is 0 Å². The Kier molecular flexibility index (Phi) is 4.18. The first-order valence-electron chi connectivity index (χ1n) is 6.91. The Morgan fingerprint density at radius 3 is 2.72 bits per heavy atom. The highest BCUT2D eigenvalue weighted by atomic mass is 16.1. The molecule has 0 radical (unpaired) electrons. The van der Waals surface area contributed by atoms with Crippen LogP contribution in [0.25, 0.3) is 0 Å². The minimum atomic E-state index is 0.190. The zero-order chi connectivity index (χ0) is 13.1. The summed E-state index contributed by atoms with van der Waals surface area (Å²) in [5.74, 6) is 0.616. The summed E-state index contributed by atoms with van der Waals surface area (Å²) < 4.78 is 0.